The van der Waals surface area contributed by atoms with Gasteiger partial charge in [0, 0.05) is 12.3 Å². The summed E-state index contributed by atoms with van der Waals surface area (Å²) in [6, 6.07) is 0. The van der Waals surface area contributed by atoms with Crippen LogP contribution in [0.4, 0.5) is 0 Å². The van der Waals surface area contributed by atoms with E-state index in [1.165, 1.54) is 12.5 Å². The summed E-state index contributed by atoms with van der Waals surface area (Å²) in [5.41, 5.74) is 1.23. The van der Waals surface area contributed by atoms with Crippen LogP contribution in [0.2, 0.25) is 0 Å². The second-order valence-corrected chi connectivity index (χ2v) is 21.0. The predicted octanol–water partition coefficient (Wildman–Crippen LogP) is -0.831. The van der Waals surface area contributed by atoms with Crippen molar-refractivity contribution in [2.75, 3.05) is 19.8 Å². The summed E-state index contributed by atoms with van der Waals surface area (Å²) in [6.07, 6.45) is -11.5. The lowest BCUT2D eigenvalue weighted by Gasteiger charge is -2.58. The number of ether oxygens (including phenoxy) is 7. The average Bonchev–Trinajstić information content (AvgIpc) is 3.70. The number of fused-ring (bicyclic) bond motifs is 7. The van der Waals surface area contributed by atoms with Crippen LogP contribution in [0.3, 0.4) is 0 Å². The van der Waals surface area contributed by atoms with E-state index >= 15 is 0 Å². The molecule has 4 aliphatic heterocycles. The zero-order valence-electron chi connectivity index (χ0n) is 37.1. The summed E-state index contributed by atoms with van der Waals surface area (Å²) in [6.45, 7) is 9.43. The molecule has 0 aromatic rings. The lowest BCUT2D eigenvalue weighted by Crippen LogP contribution is -2.64. The number of allylic oxidation sites excluding steroid dienone is 1. The molecule has 18 heteroatoms. The quantitative estimate of drug-likeness (QED) is 0.107. The monoisotopic (exact) mass is 902 g/mol. The maximum absolute atomic E-state index is 12.0. The largest absolute Gasteiger partial charge is 0.394 e. The number of aliphatic hydroxyl groups excluding tert-OH is 10. The van der Waals surface area contributed by atoms with Crippen LogP contribution in [0, 0.1) is 46.3 Å². The first-order valence-corrected chi connectivity index (χ1v) is 23.4. The highest BCUT2D eigenvalue weighted by Crippen LogP contribution is 2.70. The minimum atomic E-state index is -1.65. The molecule has 0 bridgehead atoms. The average molecular weight is 903 g/mol. The Morgan fingerprint density at radius 1 is 0.746 bits per heavy atom. The van der Waals surface area contributed by atoms with Gasteiger partial charge in [0.05, 0.1) is 38.1 Å². The summed E-state index contributed by atoms with van der Waals surface area (Å²) in [7, 11) is 0. The number of aliphatic hydroxyl groups is 11. The molecular weight excluding hydrogens is 828 g/mol. The van der Waals surface area contributed by atoms with Crippen molar-refractivity contribution in [1.29, 1.82) is 0 Å². The van der Waals surface area contributed by atoms with Crippen LogP contribution >= 0.6 is 0 Å². The third-order valence-corrected chi connectivity index (χ3v) is 17.4. The maximum Gasteiger partial charge on any atom is 0.187 e. The van der Waals surface area contributed by atoms with E-state index in [0.717, 1.165) is 32.1 Å². The fourth-order valence-corrected chi connectivity index (χ4v) is 13.5. The normalized spacial score (nSPS) is 55.0. The summed E-state index contributed by atoms with van der Waals surface area (Å²) < 4.78 is 42.1. The van der Waals surface area contributed by atoms with Crippen molar-refractivity contribution in [1.82, 2.24) is 0 Å². The Morgan fingerprint density at radius 3 is 2.10 bits per heavy atom. The van der Waals surface area contributed by atoms with Crippen LogP contribution < -0.4 is 0 Å². The fraction of sp³-hybridized carbons (Fsp3) is 0.956. The molecule has 3 saturated carbocycles. The molecule has 6 unspecified atom stereocenters. The van der Waals surface area contributed by atoms with Crippen LogP contribution in [0.15, 0.2) is 11.6 Å². The fourth-order valence-electron chi connectivity index (χ4n) is 13.5. The lowest BCUT2D eigenvalue weighted by atomic mass is 9.47. The first kappa shape index (κ1) is 48.5. The van der Waals surface area contributed by atoms with Crippen molar-refractivity contribution in [3.05, 3.63) is 11.6 Å². The molecule has 0 amide bonds. The first-order chi connectivity index (χ1) is 29.8. The van der Waals surface area contributed by atoms with Crippen molar-refractivity contribution in [3.8, 4) is 0 Å². The zero-order chi connectivity index (χ0) is 45.5. The number of rotatable bonds is 12. The van der Waals surface area contributed by atoms with E-state index in [4.69, 9.17) is 33.2 Å². The van der Waals surface area contributed by atoms with E-state index in [1.54, 1.807) is 0 Å². The highest BCUT2D eigenvalue weighted by molar-refractivity contribution is 5.26. The van der Waals surface area contributed by atoms with Gasteiger partial charge in [-0.2, -0.15) is 0 Å². The van der Waals surface area contributed by atoms with E-state index < -0.39 is 111 Å². The summed E-state index contributed by atoms with van der Waals surface area (Å²) in [5.74, 6) is 0.0506. The van der Waals surface area contributed by atoms with E-state index in [9.17, 15) is 56.2 Å². The summed E-state index contributed by atoms with van der Waals surface area (Å²) >= 11 is 0. The number of hydrogen-bond acceptors (Lipinski definition) is 18. The van der Waals surface area contributed by atoms with Crippen LogP contribution in [0.1, 0.15) is 92.4 Å². The van der Waals surface area contributed by atoms with Gasteiger partial charge in [-0.05, 0) is 98.7 Å². The van der Waals surface area contributed by atoms with Crippen molar-refractivity contribution >= 4 is 0 Å². The van der Waals surface area contributed by atoms with Gasteiger partial charge in [0.2, 0.25) is 0 Å². The second kappa shape index (κ2) is 18.5. The molecule has 4 saturated heterocycles. The molecule has 26 atom stereocenters. The molecule has 11 N–H and O–H groups in total. The minimum Gasteiger partial charge on any atom is -0.394 e. The Balaban J connectivity index is 0.885. The summed E-state index contributed by atoms with van der Waals surface area (Å²) in [4.78, 5) is 0. The van der Waals surface area contributed by atoms with Gasteiger partial charge in [0.1, 0.15) is 67.1 Å². The van der Waals surface area contributed by atoms with Crippen LogP contribution in [-0.4, -0.2) is 186 Å². The Hall–Kier alpha value is -0.980. The van der Waals surface area contributed by atoms with Gasteiger partial charge in [0.15, 0.2) is 24.7 Å². The predicted molar refractivity (Wildman–Crippen MR) is 218 cm³/mol. The molecule has 7 fully saturated rings. The van der Waals surface area contributed by atoms with E-state index in [0.29, 0.717) is 43.4 Å². The Labute approximate surface area is 369 Å². The molecule has 8 rings (SSSR count). The molecule has 0 aromatic heterocycles. The third kappa shape index (κ3) is 8.51. The van der Waals surface area contributed by atoms with Crippen molar-refractivity contribution in [3.63, 3.8) is 0 Å². The van der Waals surface area contributed by atoms with Crippen LogP contribution in [-0.2, 0) is 33.2 Å². The molecule has 0 spiro atoms. The second-order valence-electron chi connectivity index (χ2n) is 21.0. The van der Waals surface area contributed by atoms with Gasteiger partial charge >= 0.3 is 0 Å². The number of hydrogen-bond donors (Lipinski definition) is 11. The standard InChI is InChI=1S/C45H74O18/c1-19(18-57-40-37(54)35(52)32(49)28(16-46)60-40)8-13-45(56)20(2)30-27(63-45)15-26-24-7-6-22-14-23(9-11-43(22,4)25(24)10-12-44(26,30)5)59-42-39(36(53)33(50)29(17-47)61-42)62-41-38(55)34(51)31(48)21(3)58-41/h6,19-21,23-42,46-56H,7-18H2,1-5H3/t19-,20-,21-,23-,24?,25?,26?,27?,28-,29-,30?,31-,32-,33-,34+,35+,36+,37-,38+,39-,40-,41-,42-,43-,44-,45?/m0/s1. The van der Waals surface area contributed by atoms with E-state index in [-0.39, 0.29) is 47.4 Å². The Bertz CT molecular complexity index is 1600. The van der Waals surface area contributed by atoms with Crippen LogP contribution in [0.5, 0.6) is 0 Å². The SMILES string of the molecule is C[C@@H](CCC1(O)OC2CC3C4CC=C5C[C@@H](O[C@H]6O[C@@H](CO)[C@H](O)[C@@H](O)[C@@H]6O[C@@H]6O[C@@H](C)[C@H](O)[C@@H](O)[C@H]6O)CC[C@]5(C)C4CC[C@]3(C)C2[C@@H]1C)CO[C@H]1O[C@@H](CO)[C@H](O)[C@@H](O)[C@@H]1O. The molecule has 4 heterocycles. The Kier molecular flexibility index (Phi) is 14.2. The molecule has 8 aliphatic rings. The zero-order valence-corrected chi connectivity index (χ0v) is 37.1. The molecule has 362 valence electrons. The van der Waals surface area contributed by atoms with Gasteiger partial charge in [-0.15, -0.1) is 0 Å². The van der Waals surface area contributed by atoms with Gasteiger partial charge in [-0.25, -0.2) is 0 Å². The van der Waals surface area contributed by atoms with Crippen molar-refractivity contribution in [2.45, 2.75) is 203 Å². The molecule has 0 radical (unpaired) electrons. The van der Waals surface area contributed by atoms with Crippen molar-refractivity contribution < 1.29 is 89.3 Å². The third-order valence-electron chi connectivity index (χ3n) is 17.4. The summed E-state index contributed by atoms with van der Waals surface area (Å²) in [5, 5.41) is 115. The van der Waals surface area contributed by atoms with Gasteiger partial charge in [-0.3, -0.25) is 0 Å². The lowest BCUT2D eigenvalue weighted by molar-refractivity contribution is -0.369. The Morgan fingerprint density at radius 2 is 1.40 bits per heavy atom. The van der Waals surface area contributed by atoms with Gasteiger partial charge < -0.3 is 89.3 Å². The first-order valence-electron chi connectivity index (χ1n) is 23.4. The highest BCUT2D eigenvalue weighted by atomic mass is 16.8. The molecule has 4 aliphatic carbocycles. The minimum absolute atomic E-state index is 0.0148. The van der Waals surface area contributed by atoms with Crippen molar-refractivity contribution in [2.24, 2.45) is 46.3 Å². The molecule has 63 heavy (non-hydrogen) atoms. The molecular formula is C45H74O18. The molecule has 18 nitrogen and oxygen atoms in total. The topological polar surface area (TPSA) is 287 Å². The smallest absolute Gasteiger partial charge is 0.187 e. The van der Waals surface area contributed by atoms with Crippen LogP contribution in [0.25, 0.3) is 0 Å². The maximum atomic E-state index is 12.0. The van der Waals surface area contributed by atoms with Gasteiger partial charge in [-0.1, -0.05) is 39.3 Å². The highest BCUT2D eigenvalue weighted by Gasteiger charge is 2.68. The molecule has 0 aromatic carbocycles. The van der Waals surface area contributed by atoms with Gasteiger partial charge in [0.25, 0.3) is 0 Å². The van der Waals surface area contributed by atoms with E-state index in [1.807, 2.05) is 6.92 Å². The van der Waals surface area contributed by atoms with E-state index in [2.05, 4.69) is 26.8 Å².